The summed E-state index contributed by atoms with van der Waals surface area (Å²) in [5.74, 6) is 0.576. The van der Waals surface area contributed by atoms with Crippen molar-refractivity contribution in [2.75, 3.05) is 4.90 Å². The molecule has 0 bridgehead atoms. The van der Waals surface area contributed by atoms with Crippen LogP contribution >= 0.6 is 0 Å². The fraction of sp³-hybridized carbons (Fsp3) is 0.0526. The van der Waals surface area contributed by atoms with Gasteiger partial charge in [-0.05, 0) is 86.0 Å². The zero-order valence-electron chi connectivity index (χ0n) is 36.0. The standard InChI is InChI=1S/C57H47NO/c1-6-10-22-42-32-33-45(40-44(42)23-11-7-2)43-34-36-48(37-35-43)58(41(5)56-50(9-4)52-29-19-21-31-55(52)59-56)39-38-54-49(8-3)51-28-18-20-30-53(51)57(54,46-24-14-12-15-25-46)47-26-16-13-17-27-47/h6-40,50,56H,1-5H2/b22-10-,23-11-,39-38+/i3D,8D,38D/b8-3?,22-10-,23-11-,39-38+. The maximum atomic E-state index is 10.4. The largest absolute Gasteiger partial charge is 0.483 e. The highest BCUT2D eigenvalue weighted by molar-refractivity contribution is 5.91. The predicted octanol–water partition coefficient (Wildman–Crippen LogP) is 14.3. The van der Waals surface area contributed by atoms with Crippen molar-refractivity contribution < 1.29 is 8.85 Å². The minimum atomic E-state index is -0.997. The second-order valence-electron chi connectivity index (χ2n) is 14.5. The van der Waals surface area contributed by atoms with Gasteiger partial charge < -0.3 is 9.64 Å². The van der Waals surface area contributed by atoms with Crippen molar-refractivity contribution in [2.45, 2.75) is 17.4 Å². The van der Waals surface area contributed by atoms with Crippen LogP contribution < -0.4 is 9.64 Å². The lowest BCUT2D eigenvalue weighted by atomic mass is 9.67. The molecule has 2 unspecified atom stereocenters. The topological polar surface area (TPSA) is 12.5 Å². The van der Waals surface area contributed by atoms with E-state index in [1.54, 1.807) is 12.2 Å². The van der Waals surface area contributed by atoms with Gasteiger partial charge in [0, 0.05) is 23.4 Å². The SMILES string of the molecule is [2H]C=C([2H])C1=C(/C([2H])=C/N(C(=C)C2Oc3ccccc3C2C=C)c2ccc(-c3ccc(/C=C\C=C)c(/C=C\C=C)c3)cc2)C(c2ccccc2)(c2ccccc2)c2ccccc21. The summed E-state index contributed by atoms with van der Waals surface area (Å²) in [6, 6.07) is 51.2. The Balaban J connectivity index is 1.33. The van der Waals surface area contributed by atoms with E-state index in [4.69, 9.17) is 12.7 Å². The third-order valence-electron chi connectivity index (χ3n) is 11.3. The van der Waals surface area contributed by atoms with Crippen LogP contribution in [0.1, 0.15) is 49.0 Å². The molecule has 1 aliphatic carbocycles. The summed E-state index contributed by atoms with van der Waals surface area (Å²) in [4.78, 5) is 1.95. The number of benzene rings is 6. The zero-order valence-corrected chi connectivity index (χ0v) is 33.0. The van der Waals surface area contributed by atoms with Crippen molar-refractivity contribution in [1.29, 1.82) is 0 Å². The highest BCUT2D eigenvalue weighted by Crippen LogP contribution is 2.55. The molecule has 2 aliphatic rings. The van der Waals surface area contributed by atoms with Crippen molar-refractivity contribution in [3.63, 3.8) is 0 Å². The van der Waals surface area contributed by atoms with Gasteiger partial charge >= 0.3 is 0 Å². The maximum absolute atomic E-state index is 10.4. The molecule has 2 nitrogen and oxygen atoms in total. The molecule has 59 heavy (non-hydrogen) atoms. The van der Waals surface area contributed by atoms with E-state index in [9.17, 15) is 2.74 Å². The Morgan fingerprint density at radius 2 is 1.32 bits per heavy atom. The molecule has 0 spiro atoms. The predicted molar refractivity (Wildman–Crippen MR) is 251 cm³/mol. The third kappa shape index (κ3) is 7.00. The van der Waals surface area contributed by atoms with Gasteiger partial charge in [-0.2, -0.15) is 0 Å². The Morgan fingerprint density at radius 1 is 0.695 bits per heavy atom. The second-order valence-corrected chi connectivity index (χ2v) is 14.5. The fourth-order valence-corrected chi connectivity index (χ4v) is 8.52. The number of fused-ring (bicyclic) bond motifs is 2. The number of para-hydroxylation sites is 1. The van der Waals surface area contributed by atoms with Crippen molar-refractivity contribution in [3.8, 4) is 16.9 Å². The van der Waals surface area contributed by atoms with Crippen molar-refractivity contribution >= 4 is 23.4 Å². The molecule has 8 rings (SSSR count). The molecule has 0 saturated carbocycles. The van der Waals surface area contributed by atoms with E-state index in [0.29, 0.717) is 16.8 Å². The minimum Gasteiger partial charge on any atom is -0.483 e. The van der Waals surface area contributed by atoms with Crippen LogP contribution in [0.25, 0.3) is 28.9 Å². The maximum Gasteiger partial charge on any atom is 0.149 e. The van der Waals surface area contributed by atoms with Crippen LogP contribution in [0.2, 0.25) is 0 Å². The molecule has 2 heteroatoms. The number of nitrogens with zero attached hydrogens (tertiary/aromatic N) is 1. The Kier molecular flexibility index (Phi) is 10.0. The van der Waals surface area contributed by atoms with Crippen molar-refractivity contribution in [3.05, 3.63) is 283 Å². The molecule has 0 radical (unpaired) electrons. The van der Waals surface area contributed by atoms with E-state index in [0.717, 1.165) is 68.1 Å². The van der Waals surface area contributed by atoms with E-state index in [2.05, 4.69) is 86.5 Å². The van der Waals surface area contributed by atoms with E-state index >= 15 is 0 Å². The summed E-state index contributed by atoms with van der Waals surface area (Å²) >= 11 is 0. The van der Waals surface area contributed by atoms with Gasteiger partial charge in [-0.1, -0.05) is 202 Å². The lowest BCUT2D eigenvalue weighted by Crippen LogP contribution is -2.31. The van der Waals surface area contributed by atoms with Crippen LogP contribution in [-0.4, -0.2) is 6.10 Å². The average Bonchev–Trinajstić information content (AvgIpc) is 3.87. The molecule has 1 heterocycles. The smallest absolute Gasteiger partial charge is 0.149 e. The van der Waals surface area contributed by atoms with E-state index in [1.165, 1.54) is 0 Å². The lowest BCUT2D eigenvalue weighted by Gasteiger charge is -2.35. The van der Waals surface area contributed by atoms with Gasteiger partial charge in [0.2, 0.25) is 0 Å². The van der Waals surface area contributed by atoms with Gasteiger partial charge in [0.25, 0.3) is 0 Å². The Hall–Kier alpha value is -7.42. The first kappa shape index (κ1) is 34.8. The first-order valence-electron chi connectivity index (χ1n) is 21.3. The quantitative estimate of drug-likeness (QED) is 0.0809. The minimum absolute atomic E-state index is 0.0173. The summed E-state index contributed by atoms with van der Waals surface area (Å²) < 4.78 is 34.7. The molecule has 6 aromatic carbocycles. The van der Waals surface area contributed by atoms with Crippen LogP contribution in [0.15, 0.2) is 244 Å². The van der Waals surface area contributed by atoms with Gasteiger partial charge in [-0.25, -0.2) is 0 Å². The normalized spacial score (nSPS) is 17.7. The van der Waals surface area contributed by atoms with E-state index in [-0.39, 0.29) is 18.0 Å². The molecule has 286 valence electrons. The van der Waals surface area contributed by atoms with Crippen LogP contribution in [0.3, 0.4) is 0 Å². The number of hydrogen-bond acceptors (Lipinski definition) is 2. The monoisotopic (exact) mass is 764 g/mol. The summed E-state index contributed by atoms with van der Waals surface area (Å²) in [6.07, 6.45) is 14.7. The number of allylic oxidation sites excluding steroid dienone is 8. The Labute approximate surface area is 353 Å². The molecule has 2 atom stereocenters. The van der Waals surface area contributed by atoms with Crippen LogP contribution in [0.4, 0.5) is 5.69 Å². The Bertz CT molecular complexity index is 2790. The average molecular weight is 765 g/mol. The molecular formula is C57H47NO. The number of ether oxygens (including phenoxy) is 1. The fourth-order valence-electron chi connectivity index (χ4n) is 8.52. The van der Waals surface area contributed by atoms with Crippen molar-refractivity contribution in [2.24, 2.45) is 0 Å². The molecule has 0 saturated heterocycles. The first-order valence-corrected chi connectivity index (χ1v) is 19.7. The van der Waals surface area contributed by atoms with Crippen LogP contribution in [-0.2, 0) is 5.41 Å². The van der Waals surface area contributed by atoms with Gasteiger partial charge in [0.15, 0.2) is 0 Å². The highest BCUT2D eigenvalue weighted by atomic mass is 16.5. The molecular weight excluding hydrogens is 715 g/mol. The van der Waals surface area contributed by atoms with E-state index in [1.807, 2.05) is 126 Å². The molecule has 0 amide bonds. The number of rotatable bonds is 14. The zero-order chi connectivity index (χ0) is 43.2. The number of hydrogen-bond donors (Lipinski definition) is 0. The summed E-state index contributed by atoms with van der Waals surface area (Å²) in [5.41, 5.74) is 10.4. The van der Waals surface area contributed by atoms with Crippen LogP contribution in [0.5, 0.6) is 5.75 Å². The number of anilines is 1. The van der Waals surface area contributed by atoms with E-state index < -0.39 is 11.5 Å². The molecule has 0 N–H and O–H groups in total. The molecule has 1 aliphatic heterocycles. The molecule has 6 aromatic rings. The summed E-state index contributed by atoms with van der Waals surface area (Å²) in [6.45, 7) is 17.7. The highest BCUT2D eigenvalue weighted by Gasteiger charge is 2.46. The van der Waals surface area contributed by atoms with Gasteiger partial charge in [0.1, 0.15) is 11.9 Å². The van der Waals surface area contributed by atoms with Crippen LogP contribution in [0, 0.1) is 0 Å². The van der Waals surface area contributed by atoms with Gasteiger partial charge in [0.05, 0.1) is 15.2 Å². The van der Waals surface area contributed by atoms with Crippen molar-refractivity contribution in [1.82, 2.24) is 0 Å². The third-order valence-corrected chi connectivity index (χ3v) is 11.3. The molecule has 0 aromatic heterocycles. The first-order chi connectivity index (χ1) is 30.3. The lowest BCUT2D eigenvalue weighted by molar-refractivity contribution is 0.255. The van der Waals surface area contributed by atoms with Gasteiger partial charge in [-0.15, -0.1) is 6.58 Å². The summed E-state index contributed by atoms with van der Waals surface area (Å²) in [5, 5.41) is 0. The Morgan fingerprint density at radius 3 is 2.00 bits per heavy atom. The molecule has 0 fully saturated rings. The summed E-state index contributed by atoms with van der Waals surface area (Å²) in [7, 11) is 0. The second kappa shape index (κ2) is 17.0. The van der Waals surface area contributed by atoms with Gasteiger partial charge in [-0.3, -0.25) is 0 Å².